The normalized spacial score (nSPS) is 11.5. The van der Waals surface area contributed by atoms with Gasteiger partial charge in [0.25, 0.3) is 0 Å². The van der Waals surface area contributed by atoms with Crippen molar-refractivity contribution in [1.82, 2.24) is 19.9 Å². The molecule has 0 aliphatic heterocycles. The molecule has 5 aromatic carbocycles. The van der Waals surface area contributed by atoms with Gasteiger partial charge < -0.3 is 4.90 Å². The van der Waals surface area contributed by atoms with Gasteiger partial charge in [-0.25, -0.2) is 9.97 Å². The maximum Gasteiger partial charge on any atom is 0.0997 e. The van der Waals surface area contributed by atoms with Crippen LogP contribution in [0.4, 0.5) is 17.1 Å². The molecule has 3 heterocycles. The molecule has 0 spiro atoms. The van der Waals surface area contributed by atoms with E-state index in [4.69, 9.17) is 19.9 Å². The molecule has 7 heteroatoms. The molecule has 0 atom stereocenters. The molecule has 8 rings (SSSR count). The molecule has 0 aliphatic carbocycles. The first-order chi connectivity index (χ1) is 21.1. The Morgan fingerprint density at radius 2 is 1.00 bits per heavy atom. The summed E-state index contributed by atoms with van der Waals surface area (Å²) in [7, 11) is 0. The number of aromatic nitrogens is 4. The van der Waals surface area contributed by atoms with Crippen molar-refractivity contribution in [3.8, 4) is 11.1 Å². The van der Waals surface area contributed by atoms with Gasteiger partial charge >= 0.3 is 0 Å². The minimum atomic E-state index is 0.798. The third kappa shape index (κ3) is 4.52. The Morgan fingerprint density at radius 3 is 1.58 bits per heavy atom. The van der Waals surface area contributed by atoms with Crippen LogP contribution in [0.5, 0.6) is 0 Å². The predicted octanol–water partition coefficient (Wildman–Crippen LogP) is 10.5. The number of rotatable bonds is 4. The van der Waals surface area contributed by atoms with E-state index in [2.05, 4.69) is 116 Å². The fourth-order valence-electron chi connectivity index (χ4n) is 5.69. The zero-order valence-corrected chi connectivity index (χ0v) is 25.8. The van der Waals surface area contributed by atoms with Crippen molar-refractivity contribution < 1.29 is 0 Å². The second-order valence-electron chi connectivity index (χ2n) is 10.2. The smallest absolute Gasteiger partial charge is 0.0997 e. The highest BCUT2D eigenvalue weighted by atomic mass is 79.9. The summed E-state index contributed by atoms with van der Waals surface area (Å²) in [5.74, 6) is 0. The fourth-order valence-corrected chi connectivity index (χ4v) is 6.36. The zero-order chi connectivity index (χ0) is 28.9. The molecule has 0 unspecified atom stereocenters. The van der Waals surface area contributed by atoms with Crippen LogP contribution in [0.3, 0.4) is 0 Å². The predicted molar refractivity (Wildman–Crippen MR) is 183 cm³/mol. The summed E-state index contributed by atoms with van der Waals surface area (Å²) in [6.07, 6.45) is 3.59. The Balaban J connectivity index is 1.32. The zero-order valence-electron chi connectivity index (χ0n) is 22.6. The topological polar surface area (TPSA) is 54.8 Å². The molecule has 0 saturated heterocycles. The van der Waals surface area contributed by atoms with Gasteiger partial charge in [0, 0.05) is 54.7 Å². The van der Waals surface area contributed by atoms with E-state index < -0.39 is 0 Å². The summed E-state index contributed by atoms with van der Waals surface area (Å²) in [4.78, 5) is 22.1. The van der Waals surface area contributed by atoms with E-state index in [0.717, 1.165) is 81.0 Å². The number of fused-ring (bicyclic) bond motifs is 7. The second kappa shape index (κ2) is 10.5. The minimum absolute atomic E-state index is 0.798. The van der Waals surface area contributed by atoms with E-state index in [9.17, 15) is 0 Å². The van der Waals surface area contributed by atoms with Crippen molar-refractivity contribution in [3.05, 3.63) is 137 Å². The van der Waals surface area contributed by atoms with Crippen LogP contribution >= 0.6 is 31.9 Å². The first kappa shape index (κ1) is 25.9. The van der Waals surface area contributed by atoms with Crippen molar-refractivity contribution in [2.75, 3.05) is 4.90 Å². The highest BCUT2D eigenvalue weighted by molar-refractivity contribution is 9.10. The molecule has 8 aromatic rings. The minimum Gasteiger partial charge on any atom is -0.311 e. The van der Waals surface area contributed by atoms with Crippen molar-refractivity contribution in [3.63, 3.8) is 0 Å². The summed E-state index contributed by atoms with van der Waals surface area (Å²) in [5.41, 5.74) is 10.2. The Hall–Kier alpha value is -4.72. The Labute approximate surface area is 264 Å². The third-order valence-electron chi connectivity index (χ3n) is 7.60. The average Bonchev–Trinajstić information content (AvgIpc) is 3.05. The number of pyridine rings is 2. The van der Waals surface area contributed by atoms with E-state index in [1.165, 1.54) is 0 Å². The Kier molecular flexibility index (Phi) is 6.35. The van der Waals surface area contributed by atoms with Gasteiger partial charge in [-0.15, -0.1) is 0 Å². The maximum absolute atomic E-state index is 5.28. The maximum atomic E-state index is 5.28. The molecular weight excluding hydrogens is 662 g/mol. The second-order valence-corrected chi connectivity index (χ2v) is 12.1. The van der Waals surface area contributed by atoms with Crippen molar-refractivity contribution >= 4 is 92.8 Å². The SMILES string of the molecule is Brc1cnc2c(c1)c1nc3cccc(-c4ccc(N(c5ccccc5)c5ccccc5)cc4)c3nc1c1cc(Br)cnc12. The third-order valence-corrected chi connectivity index (χ3v) is 8.47. The van der Waals surface area contributed by atoms with E-state index >= 15 is 0 Å². The quantitative estimate of drug-likeness (QED) is 0.137. The number of benzene rings is 5. The van der Waals surface area contributed by atoms with Crippen LogP contribution in [0, 0.1) is 0 Å². The van der Waals surface area contributed by atoms with Crippen molar-refractivity contribution in [1.29, 1.82) is 0 Å². The van der Waals surface area contributed by atoms with Gasteiger partial charge in [-0.05, 0) is 92.0 Å². The van der Waals surface area contributed by atoms with Crippen LogP contribution < -0.4 is 4.90 Å². The largest absolute Gasteiger partial charge is 0.311 e. The first-order valence-corrected chi connectivity index (χ1v) is 15.4. The monoisotopic (exact) mass is 681 g/mol. The van der Waals surface area contributed by atoms with Gasteiger partial charge in [-0.3, -0.25) is 9.97 Å². The Bertz CT molecular complexity index is 2270. The Morgan fingerprint density at radius 1 is 0.465 bits per heavy atom. The van der Waals surface area contributed by atoms with Crippen molar-refractivity contribution in [2.45, 2.75) is 0 Å². The molecule has 43 heavy (non-hydrogen) atoms. The molecular formula is C36H21Br2N5. The molecule has 5 nitrogen and oxygen atoms in total. The van der Waals surface area contributed by atoms with Crippen LogP contribution in [0.15, 0.2) is 137 Å². The lowest BCUT2D eigenvalue weighted by Crippen LogP contribution is -2.09. The molecule has 204 valence electrons. The van der Waals surface area contributed by atoms with Crippen LogP contribution in [-0.2, 0) is 0 Å². The highest BCUT2D eigenvalue weighted by Gasteiger charge is 2.17. The van der Waals surface area contributed by atoms with Crippen LogP contribution in [0.2, 0.25) is 0 Å². The lowest BCUT2D eigenvalue weighted by Gasteiger charge is -2.25. The van der Waals surface area contributed by atoms with E-state index in [1.54, 1.807) is 12.4 Å². The summed E-state index contributed by atoms with van der Waals surface area (Å²) >= 11 is 7.19. The molecule has 0 bridgehead atoms. The van der Waals surface area contributed by atoms with Gasteiger partial charge in [-0.1, -0.05) is 60.7 Å². The summed E-state index contributed by atoms with van der Waals surface area (Å²) in [5, 5.41) is 1.82. The van der Waals surface area contributed by atoms with E-state index in [-0.39, 0.29) is 0 Å². The molecule has 0 aliphatic rings. The number of anilines is 3. The number of nitrogens with zero attached hydrogens (tertiary/aromatic N) is 5. The molecule has 0 N–H and O–H groups in total. The lowest BCUT2D eigenvalue weighted by molar-refractivity contribution is 1.28. The van der Waals surface area contributed by atoms with E-state index in [1.807, 2.05) is 36.4 Å². The standard InChI is InChI=1S/C36H21Br2N5/c37-23-18-29-33(39-20-23)34-30(19-24(38)21-40-34)36-35(29)41-31-13-7-12-28(32(31)42-36)22-14-16-27(17-15-22)43(25-8-3-1-4-9-25)26-10-5-2-6-11-26/h1-21H. The molecule has 3 aromatic heterocycles. The number of hydrogen-bond donors (Lipinski definition) is 0. The van der Waals surface area contributed by atoms with Gasteiger partial charge in [0.2, 0.25) is 0 Å². The van der Waals surface area contributed by atoms with Gasteiger partial charge in [0.05, 0.1) is 33.1 Å². The van der Waals surface area contributed by atoms with Gasteiger partial charge in [-0.2, -0.15) is 0 Å². The number of para-hydroxylation sites is 3. The fraction of sp³-hybridized carbons (Fsp3) is 0. The van der Waals surface area contributed by atoms with Crippen LogP contribution in [0.1, 0.15) is 0 Å². The molecule has 0 amide bonds. The highest BCUT2D eigenvalue weighted by Crippen LogP contribution is 2.38. The average molecular weight is 683 g/mol. The van der Waals surface area contributed by atoms with Crippen molar-refractivity contribution in [2.24, 2.45) is 0 Å². The lowest BCUT2D eigenvalue weighted by atomic mass is 10.0. The number of halogens is 2. The summed E-state index contributed by atoms with van der Waals surface area (Å²) in [6, 6.07) is 39.8. The van der Waals surface area contributed by atoms with Gasteiger partial charge in [0.1, 0.15) is 0 Å². The molecule has 0 radical (unpaired) electrons. The summed E-state index contributed by atoms with van der Waals surface area (Å²) < 4.78 is 1.76. The first-order valence-electron chi connectivity index (χ1n) is 13.8. The van der Waals surface area contributed by atoms with E-state index in [0.29, 0.717) is 0 Å². The van der Waals surface area contributed by atoms with Crippen LogP contribution in [0.25, 0.3) is 55.0 Å². The molecule has 0 saturated carbocycles. The van der Waals surface area contributed by atoms with Gasteiger partial charge in [0.15, 0.2) is 0 Å². The number of hydrogen-bond acceptors (Lipinski definition) is 5. The summed E-state index contributed by atoms with van der Waals surface area (Å²) in [6.45, 7) is 0. The van der Waals surface area contributed by atoms with Crippen LogP contribution in [-0.4, -0.2) is 19.9 Å². The molecule has 0 fully saturated rings.